The number of aromatic nitrogens is 5. The molecule has 4 aromatic rings. The summed E-state index contributed by atoms with van der Waals surface area (Å²) in [5.74, 6) is 0.751. The van der Waals surface area contributed by atoms with Gasteiger partial charge in [0, 0.05) is 18.2 Å². The molecule has 0 spiro atoms. The Kier molecular flexibility index (Phi) is 5.37. The van der Waals surface area contributed by atoms with Gasteiger partial charge in [0.1, 0.15) is 17.5 Å². The van der Waals surface area contributed by atoms with Crippen LogP contribution in [0.3, 0.4) is 0 Å². The highest BCUT2D eigenvalue weighted by Gasteiger charge is 2.14. The number of nitrogens with zero attached hydrogens (tertiary/aromatic N) is 5. The van der Waals surface area contributed by atoms with Crippen LogP contribution in [0.15, 0.2) is 59.4 Å². The average molecular weight is 422 g/mol. The van der Waals surface area contributed by atoms with Crippen molar-refractivity contribution in [3.8, 4) is 22.7 Å². The van der Waals surface area contributed by atoms with Gasteiger partial charge in [0.2, 0.25) is 0 Å². The molecule has 0 amide bonds. The Hall–Kier alpha value is -3.45. The number of ether oxygens (including phenoxy) is 1. The molecule has 8 heteroatoms. The van der Waals surface area contributed by atoms with Crippen molar-refractivity contribution in [1.82, 2.24) is 24.8 Å². The fourth-order valence-corrected chi connectivity index (χ4v) is 3.39. The molecule has 2 aromatic carbocycles. The summed E-state index contributed by atoms with van der Waals surface area (Å²) in [6.07, 6.45) is 0. The van der Waals surface area contributed by atoms with Crippen molar-refractivity contribution < 1.29 is 4.74 Å². The first-order chi connectivity index (χ1) is 14.4. The topological polar surface area (TPSA) is 74.8 Å². The number of benzene rings is 2. The summed E-state index contributed by atoms with van der Waals surface area (Å²) in [7, 11) is 1.57. The zero-order valence-electron chi connectivity index (χ0n) is 16.8. The van der Waals surface area contributed by atoms with E-state index in [4.69, 9.17) is 16.3 Å². The number of hydrogen-bond acceptors (Lipinski definition) is 5. The van der Waals surface area contributed by atoms with Crippen LogP contribution in [0.2, 0.25) is 5.15 Å². The second-order valence-corrected chi connectivity index (χ2v) is 7.37. The van der Waals surface area contributed by atoms with Gasteiger partial charge in [-0.3, -0.25) is 0 Å². The standard InChI is InChI=1S/C22H20ClN5O2/c1-14-6-4-8-19(28-22(29)27(3)25-26-28)17(14)13-30-20-11-10-16(12-15(20)2)18-7-5-9-21(23)24-18/h4-12H,13H2,1-3H3. The number of pyridine rings is 1. The third-order valence-corrected chi connectivity index (χ3v) is 5.10. The molecule has 30 heavy (non-hydrogen) atoms. The van der Waals surface area contributed by atoms with E-state index < -0.39 is 0 Å². The lowest BCUT2D eigenvalue weighted by Gasteiger charge is -2.15. The Bertz CT molecular complexity index is 1280. The van der Waals surface area contributed by atoms with Crippen LogP contribution in [-0.4, -0.2) is 24.8 Å². The summed E-state index contributed by atoms with van der Waals surface area (Å²) < 4.78 is 8.59. The molecule has 0 N–H and O–H groups in total. The maximum atomic E-state index is 12.3. The molecule has 0 aliphatic rings. The Morgan fingerprint density at radius 1 is 1.00 bits per heavy atom. The highest BCUT2D eigenvalue weighted by Crippen LogP contribution is 2.27. The zero-order chi connectivity index (χ0) is 21.3. The van der Waals surface area contributed by atoms with E-state index in [9.17, 15) is 4.79 Å². The molecule has 152 valence electrons. The molecule has 2 aromatic heterocycles. The highest BCUT2D eigenvalue weighted by molar-refractivity contribution is 6.29. The largest absolute Gasteiger partial charge is 0.489 e. The molecule has 0 aliphatic carbocycles. The van der Waals surface area contributed by atoms with Gasteiger partial charge < -0.3 is 4.74 Å². The zero-order valence-corrected chi connectivity index (χ0v) is 17.6. The molecular weight excluding hydrogens is 402 g/mol. The molecule has 0 atom stereocenters. The molecule has 4 rings (SSSR count). The van der Waals surface area contributed by atoms with Crippen molar-refractivity contribution in [2.75, 3.05) is 0 Å². The van der Waals surface area contributed by atoms with Gasteiger partial charge in [0.15, 0.2) is 0 Å². The van der Waals surface area contributed by atoms with Crippen molar-refractivity contribution in [2.24, 2.45) is 7.05 Å². The molecular formula is C22H20ClN5O2. The first kappa shape index (κ1) is 19.8. The molecule has 0 aliphatic heterocycles. The van der Waals surface area contributed by atoms with Crippen LogP contribution < -0.4 is 10.4 Å². The van der Waals surface area contributed by atoms with Crippen molar-refractivity contribution in [3.63, 3.8) is 0 Å². The molecule has 7 nitrogen and oxygen atoms in total. The molecule has 0 saturated heterocycles. The van der Waals surface area contributed by atoms with Gasteiger partial charge in [-0.25, -0.2) is 9.78 Å². The molecule has 0 bridgehead atoms. The lowest BCUT2D eigenvalue weighted by molar-refractivity contribution is 0.302. The molecule has 0 unspecified atom stereocenters. The third-order valence-electron chi connectivity index (χ3n) is 4.89. The summed E-state index contributed by atoms with van der Waals surface area (Å²) in [4.78, 5) is 16.7. The Morgan fingerprint density at radius 2 is 1.80 bits per heavy atom. The van der Waals surface area contributed by atoms with Crippen LogP contribution in [0.1, 0.15) is 16.7 Å². The summed E-state index contributed by atoms with van der Waals surface area (Å²) in [5, 5.41) is 8.21. The van der Waals surface area contributed by atoms with E-state index in [-0.39, 0.29) is 5.69 Å². The van der Waals surface area contributed by atoms with E-state index in [2.05, 4.69) is 15.4 Å². The van der Waals surface area contributed by atoms with E-state index >= 15 is 0 Å². The summed E-state index contributed by atoms with van der Waals surface area (Å²) in [5.41, 5.74) is 4.97. The monoisotopic (exact) mass is 421 g/mol. The van der Waals surface area contributed by atoms with Gasteiger partial charge >= 0.3 is 5.69 Å². The first-order valence-electron chi connectivity index (χ1n) is 9.38. The number of halogens is 1. The van der Waals surface area contributed by atoms with Gasteiger partial charge in [0.05, 0.1) is 11.4 Å². The maximum Gasteiger partial charge on any atom is 0.368 e. The number of hydrogen-bond donors (Lipinski definition) is 0. The van der Waals surface area contributed by atoms with Gasteiger partial charge in [-0.05, 0) is 71.8 Å². The van der Waals surface area contributed by atoms with Gasteiger partial charge in [-0.15, -0.1) is 0 Å². The summed E-state index contributed by atoms with van der Waals surface area (Å²) in [6, 6.07) is 17.1. The smallest absolute Gasteiger partial charge is 0.368 e. The van der Waals surface area contributed by atoms with Crippen LogP contribution in [0, 0.1) is 13.8 Å². The van der Waals surface area contributed by atoms with Gasteiger partial charge in [0.25, 0.3) is 0 Å². The minimum Gasteiger partial charge on any atom is -0.489 e. The molecule has 0 saturated carbocycles. The highest BCUT2D eigenvalue weighted by atomic mass is 35.5. The van der Waals surface area contributed by atoms with E-state index in [1.165, 1.54) is 9.36 Å². The fraction of sp³-hybridized carbons (Fsp3) is 0.182. The Balaban J connectivity index is 1.61. The van der Waals surface area contributed by atoms with Crippen molar-refractivity contribution >= 4 is 11.6 Å². The minimum atomic E-state index is -0.309. The van der Waals surface area contributed by atoms with E-state index in [0.717, 1.165) is 33.7 Å². The molecule has 0 fully saturated rings. The fourth-order valence-electron chi connectivity index (χ4n) is 3.23. The van der Waals surface area contributed by atoms with Crippen LogP contribution in [0.5, 0.6) is 5.75 Å². The molecule has 2 heterocycles. The quantitative estimate of drug-likeness (QED) is 0.457. The van der Waals surface area contributed by atoms with E-state index in [1.54, 1.807) is 13.1 Å². The van der Waals surface area contributed by atoms with Crippen LogP contribution in [0.25, 0.3) is 16.9 Å². The van der Waals surface area contributed by atoms with Crippen LogP contribution in [0.4, 0.5) is 0 Å². The number of tetrazole rings is 1. The van der Waals surface area contributed by atoms with Crippen molar-refractivity contribution in [1.29, 1.82) is 0 Å². The second-order valence-electron chi connectivity index (χ2n) is 6.98. The number of aryl methyl sites for hydroxylation is 3. The van der Waals surface area contributed by atoms with Crippen LogP contribution >= 0.6 is 11.6 Å². The predicted octanol–water partition coefficient (Wildman–Crippen LogP) is 3.88. The van der Waals surface area contributed by atoms with Gasteiger partial charge in [-0.1, -0.05) is 29.8 Å². The number of rotatable bonds is 5. The van der Waals surface area contributed by atoms with Crippen LogP contribution in [-0.2, 0) is 13.7 Å². The molecule has 0 radical (unpaired) electrons. The maximum absolute atomic E-state index is 12.3. The predicted molar refractivity (Wildman–Crippen MR) is 115 cm³/mol. The summed E-state index contributed by atoms with van der Waals surface area (Å²) >= 11 is 6.01. The lowest BCUT2D eigenvalue weighted by Crippen LogP contribution is -2.23. The van der Waals surface area contributed by atoms with Crippen molar-refractivity contribution in [2.45, 2.75) is 20.5 Å². The van der Waals surface area contributed by atoms with Crippen molar-refractivity contribution in [3.05, 3.63) is 86.9 Å². The second kappa shape index (κ2) is 8.12. The average Bonchev–Trinajstić information content (AvgIpc) is 3.06. The Labute approximate surface area is 178 Å². The normalized spacial score (nSPS) is 10.9. The Morgan fingerprint density at radius 3 is 2.50 bits per heavy atom. The third kappa shape index (κ3) is 3.84. The van der Waals surface area contributed by atoms with E-state index in [1.807, 2.05) is 62.4 Å². The lowest BCUT2D eigenvalue weighted by atomic mass is 10.1. The van der Waals surface area contributed by atoms with E-state index in [0.29, 0.717) is 17.4 Å². The van der Waals surface area contributed by atoms with Gasteiger partial charge in [-0.2, -0.15) is 9.36 Å². The summed E-state index contributed by atoms with van der Waals surface area (Å²) in [6.45, 7) is 4.25. The minimum absolute atomic E-state index is 0.292. The first-order valence-corrected chi connectivity index (χ1v) is 9.76. The SMILES string of the molecule is Cc1cc(-c2cccc(Cl)n2)ccc1OCc1c(C)cccc1-n1nnn(C)c1=O.